The molecule has 4 rings (SSSR count). The Morgan fingerprint density at radius 1 is 1.11 bits per heavy atom. The van der Waals surface area contributed by atoms with Crippen LogP contribution in [-0.2, 0) is 0 Å². The summed E-state index contributed by atoms with van der Waals surface area (Å²) in [6.45, 7) is 2.46. The van der Waals surface area contributed by atoms with Crippen LogP contribution in [0.15, 0.2) is 66.9 Å². The Balaban J connectivity index is 1.78. The van der Waals surface area contributed by atoms with E-state index in [0.717, 1.165) is 5.69 Å². The zero-order valence-electron chi connectivity index (χ0n) is 14.7. The Labute approximate surface area is 156 Å². The fourth-order valence-electron chi connectivity index (χ4n) is 3.13. The maximum Gasteiger partial charge on any atom is 0.262 e. The SMILES string of the molecule is CCOc1ccc(C2Nc3ccccc3C(=O)N2c2ccc(F)cc2)nc1. The summed E-state index contributed by atoms with van der Waals surface area (Å²) < 4.78 is 18.8. The predicted octanol–water partition coefficient (Wildman–Crippen LogP) is 4.39. The van der Waals surface area contributed by atoms with E-state index in [-0.39, 0.29) is 11.7 Å². The van der Waals surface area contributed by atoms with Gasteiger partial charge in [-0.1, -0.05) is 12.1 Å². The van der Waals surface area contributed by atoms with Crippen molar-refractivity contribution in [3.8, 4) is 5.75 Å². The van der Waals surface area contributed by atoms with E-state index < -0.39 is 6.17 Å². The molecular formula is C21H18FN3O2. The van der Waals surface area contributed by atoms with Gasteiger partial charge in [0.1, 0.15) is 11.6 Å². The van der Waals surface area contributed by atoms with Crippen molar-refractivity contribution in [3.05, 3.63) is 83.9 Å². The van der Waals surface area contributed by atoms with E-state index in [1.165, 1.54) is 12.1 Å². The van der Waals surface area contributed by atoms with Gasteiger partial charge in [-0.15, -0.1) is 0 Å². The van der Waals surface area contributed by atoms with Gasteiger partial charge in [-0.3, -0.25) is 14.7 Å². The maximum absolute atomic E-state index is 13.4. The Hall–Kier alpha value is -3.41. The molecule has 1 aromatic heterocycles. The molecule has 5 nitrogen and oxygen atoms in total. The average molecular weight is 363 g/mol. The quantitative estimate of drug-likeness (QED) is 0.747. The summed E-state index contributed by atoms with van der Waals surface area (Å²) >= 11 is 0. The number of pyridine rings is 1. The molecule has 1 atom stereocenters. The number of ether oxygens (including phenoxy) is 1. The van der Waals surface area contributed by atoms with Crippen LogP contribution in [0.2, 0.25) is 0 Å². The summed E-state index contributed by atoms with van der Waals surface area (Å²) in [5, 5.41) is 3.37. The van der Waals surface area contributed by atoms with Crippen molar-refractivity contribution in [2.24, 2.45) is 0 Å². The number of fused-ring (bicyclic) bond motifs is 1. The van der Waals surface area contributed by atoms with Crippen molar-refractivity contribution in [2.45, 2.75) is 13.1 Å². The molecule has 0 saturated heterocycles. The number of benzene rings is 2. The summed E-state index contributed by atoms with van der Waals surface area (Å²) in [5.74, 6) is 0.140. The van der Waals surface area contributed by atoms with E-state index in [2.05, 4.69) is 10.3 Å². The lowest BCUT2D eigenvalue weighted by Gasteiger charge is -2.37. The van der Waals surface area contributed by atoms with Crippen LogP contribution in [0.4, 0.5) is 15.8 Å². The molecule has 2 aromatic carbocycles. The highest BCUT2D eigenvalue weighted by Crippen LogP contribution is 2.36. The van der Waals surface area contributed by atoms with Crippen LogP contribution in [0.3, 0.4) is 0 Å². The third kappa shape index (κ3) is 3.21. The smallest absolute Gasteiger partial charge is 0.262 e. The fraction of sp³-hybridized carbons (Fsp3) is 0.143. The van der Waals surface area contributed by atoms with Gasteiger partial charge in [-0.25, -0.2) is 4.39 Å². The topological polar surface area (TPSA) is 54.5 Å². The number of amides is 1. The molecule has 1 N–H and O–H groups in total. The molecule has 0 bridgehead atoms. The normalized spacial score (nSPS) is 15.9. The second-order valence-corrected chi connectivity index (χ2v) is 6.10. The summed E-state index contributed by atoms with van der Waals surface area (Å²) in [4.78, 5) is 19.2. The number of carbonyl (C=O) groups is 1. The Morgan fingerprint density at radius 2 is 1.89 bits per heavy atom. The number of rotatable bonds is 4. The Bertz CT molecular complexity index is 958. The minimum atomic E-state index is -0.520. The molecule has 0 aliphatic carbocycles. The number of hydrogen-bond donors (Lipinski definition) is 1. The van der Waals surface area contributed by atoms with E-state index in [1.54, 1.807) is 29.3 Å². The van der Waals surface area contributed by atoms with Crippen LogP contribution in [-0.4, -0.2) is 17.5 Å². The molecule has 0 saturated carbocycles. The number of hydrogen-bond acceptors (Lipinski definition) is 4. The first kappa shape index (κ1) is 17.0. The zero-order chi connectivity index (χ0) is 18.8. The van der Waals surface area contributed by atoms with Crippen LogP contribution in [0, 0.1) is 5.82 Å². The molecule has 0 radical (unpaired) electrons. The highest BCUT2D eigenvalue weighted by atomic mass is 19.1. The van der Waals surface area contributed by atoms with Crippen molar-refractivity contribution in [1.29, 1.82) is 0 Å². The Kier molecular flexibility index (Phi) is 4.46. The van der Waals surface area contributed by atoms with Crippen LogP contribution in [0.5, 0.6) is 5.75 Å². The highest BCUT2D eigenvalue weighted by Gasteiger charge is 2.34. The first-order valence-electron chi connectivity index (χ1n) is 8.71. The number of anilines is 2. The third-order valence-electron chi connectivity index (χ3n) is 4.38. The molecule has 6 heteroatoms. The third-order valence-corrected chi connectivity index (χ3v) is 4.38. The summed E-state index contributed by atoms with van der Waals surface area (Å²) in [6.07, 6.45) is 1.11. The number of para-hydroxylation sites is 1. The predicted molar refractivity (Wildman–Crippen MR) is 101 cm³/mol. The van der Waals surface area contributed by atoms with E-state index in [4.69, 9.17) is 4.74 Å². The van der Waals surface area contributed by atoms with E-state index in [0.29, 0.717) is 29.3 Å². The van der Waals surface area contributed by atoms with Crippen molar-refractivity contribution >= 4 is 17.3 Å². The molecule has 1 amide bonds. The van der Waals surface area contributed by atoms with Gasteiger partial charge in [0, 0.05) is 11.4 Å². The van der Waals surface area contributed by atoms with Gasteiger partial charge in [0.2, 0.25) is 0 Å². The summed E-state index contributed by atoms with van der Waals surface area (Å²) in [5.41, 5.74) is 2.54. The van der Waals surface area contributed by atoms with Gasteiger partial charge in [0.25, 0.3) is 5.91 Å². The van der Waals surface area contributed by atoms with E-state index >= 15 is 0 Å². The average Bonchev–Trinajstić information content (AvgIpc) is 2.70. The van der Waals surface area contributed by atoms with Crippen LogP contribution in [0.25, 0.3) is 0 Å². The first-order valence-corrected chi connectivity index (χ1v) is 8.71. The molecule has 27 heavy (non-hydrogen) atoms. The van der Waals surface area contributed by atoms with Crippen LogP contribution in [0.1, 0.15) is 29.1 Å². The lowest BCUT2D eigenvalue weighted by molar-refractivity contribution is 0.0974. The van der Waals surface area contributed by atoms with Gasteiger partial charge < -0.3 is 10.1 Å². The number of aromatic nitrogens is 1. The van der Waals surface area contributed by atoms with Crippen molar-refractivity contribution < 1.29 is 13.9 Å². The Morgan fingerprint density at radius 3 is 2.59 bits per heavy atom. The number of nitrogens with one attached hydrogen (secondary N) is 1. The number of halogens is 1. The first-order chi connectivity index (χ1) is 13.2. The van der Waals surface area contributed by atoms with E-state index in [1.807, 2.05) is 37.3 Å². The minimum absolute atomic E-state index is 0.170. The molecule has 0 spiro atoms. The lowest BCUT2D eigenvalue weighted by Crippen LogP contribution is -2.43. The zero-order valence-corrected chi connectivity index (χ0v) is 14.7. The van der Waals surface area contributed by atoms with Gasteiger partial charge >= 0.3 is 0 Å². The summed E-state index contributed by atoms with van der Waals surface area (Å²) in [6, 6.07) is 16.8. The van der Waals surface area contributed by atoms with Crippen molar-refractivity contribution in [2.75, 3.05) is 16.8 Å². The molecule has 0 fully saturated rings. The summed E-state index contributed by atoms with van der Waals surface area (Å²) in [7, 11) is 0. The highest BCUT2D eigenvalue weighted by molar-refractivity contribution is 6.12. The van der Waals surface area contributed by atoms with Crippen molar-refractivity contribution in [1.82, 2.24) is 4.98 Å². The fourth-order valence-corrected chi connectivity index (χ4v) is 3.13. The standard InChI is InChI=1S/C21H18FN3O2/c1-2-27-16-11-12-19(23-13-16)20-24-18-6-4-3-5-17(18)21(26)25(20)15-9-7-14(22)8-10-15/h3-13,20,24H,2H2,1H3. The lowest BCUT2D eigenvalue weighted by atomic mass is 10.0. The molecule has 1 aliphatic heterocycles. The molecular weight excluding hydrogens is 345 g/mol. The van der Waals surface area contributed by atoms with E-state index in [9.17, 15) is 9.18 Å². The molecule has 2 heterocycles. The van der Waals surface area contributed by atoms with Crippen LogP contribution >= 0.6 is 0 Å². The molecule has 136 valence electrons. The second kappa shape index (κ2) is 7.07. The van der Waals surface area contributed by atoms with Crippen LogP contribution < -0.4 is 15.0 Å². The van der Waals surface area contributed by atoms with Gasteiger partial charge in [0.15, 0.2) is 6.17 Å². The molecule has 1 unspecified atom stereocenters. The number of nitrogens with zero attached hydrogens (tertiary/aromatic N) is 2. The van der Waals surface area contributed by atoms with Gasteiger partial charge in [-0.05, 0) is 55.5 Å². The largest absolute Gasteiger partial charge is 0.492 e. The maximum atomic E-state index is 13.4. The van der Waals surface area contributed by atoms with Gasteiger partial charge in [-0.2, -0.15) is 0 Å². The molecule has 1 aliphatic rings. The van der Waals surface area contributed by atoms with Gasteiger partial charge in [0.05, 0.1) is 24.1 Å². The number of carbonyl (C=O) groups excluding carboxylic acids is 1. The van der Waals surface area contributed by atoms with Crippen molar-refractivity contribution in [3.63, 3.8) is 0 Å². The second-order valence-electron chi connectivity index (χ2n) is 6.10. The monoisotopic (exact) mass is 363 g/mol. The molecule has 3 aromatic rings. The minimum Gasteiger partial charge on any atom is -0.492 e.